The number of nitrogens with zero attached hydrogens (tertiary/aromatic N) is 3. The first-order valence-corrected chi connectivity index (χ1v) is 6.72. The maximum atomic E-state index is 5.80. The highest BCUT2D eigenvalue weighted by Gasteiger charge is 2.12. The first kappa shape index (κ1) is 12.0. The van der Waals surface area contributed by atoms with Crippen LogP contribution in [0.25, 0.3) is 28.1 Å². The Balaban J connectivity index is 1.97. The highest BCUT2D eigenvalue weighted by Crippen LogP contribution is 2.25. The molecule has 2 heterocycles. The molecule has 0 fully saturated rings. The van der Waals surface area contributed by atoms with E-state index in [1.807, 2.05) is 10.6 Å². The van der Waals surface area contributed by atoms with E-state index in [4.69, 9.17) is 10.2 Å². The molecule has 0 unspecified atom stereocenters. The summed E-state index contributed by atoms with van der Waals surface area (Å²) in [5.41, 5.74) is 12.3. The largest absolute Gasteiger partial charge is 0.423 e. The van der Waals surface area contributed by atoms with Crippen LogP contribution in [0.15, 0.2) is 41.1 Å². The molecular formula is C16H14N4O. The molecule has 0 bridgehead atoms. The first-order valence-electron chi connectivity index (χ1n) is 6.72. The summed E-state index contributed by atoms with van der Waals surface area (Å²) in [6.45, 7) is 4.16. The lowest BCUT2D eigenvalue weighted by molar-refractivity contribution is 0.568. The van der Waals surface area contributed by atoms with Gasteiger partial charge in [0, 0.05) is 5.69 Å². The summed E-state index contributed by atoms with van der Waals surface area (Å²) in [6.07, 6.45) is 1.73. The fourth-order valence-electron chi connectivity index (χ4n) is 2.45. The van der Waals surface area contributed by atoms with Crippen LogP contribution in [0.3, 0.4) is 0 Å². The Hall–Kier alpha value is -2.82. The van der Waals surface area contributed by atoms with Crippen molar-refractivity contribution in [1.29, 1.82) is 0 Å². The molecule has 2 N–H and O–H groups in total. The van der Waals surface area contributed by atoms with Crippen molar-refractivity contribution in [2.24, 2.45) is 0 Å². The molecule has 0 spiro atoms. The van der Waals surface area contributed by atoms with E-state index in [2.05, 4.69) is 35.9 Å². The van der Waals surface area contributed by atoms with Crippen LogP contribution in [0.2, 0.25) is 0 Å². The quantitative estimate of drug-likeness (QED) is 0.542. The van der Waals surface area contributed by atoms with E-state index in [1.54, 1.807) is 18.5 Å². The SMILES string of the molecule is Cc1cc2ncn(-c3nc4cc(N)ccc4o3)c2cc1C. The number of fused-ring (bicyclic) bond motifs is 2. The Bertz CT molecular complexity index is 981. The normalized spacial score (nSPS) is 11.5. The zero-order valence-electron chi connectivity index (χ0n) is 11.8. The number of nitrogens with two attached hydrogens (primary N) is 1. The average Bonchev–Trinajstić information content (AvgIpc) is 3.02. The third-order valence-corrected chi connectivity index (χ3v) is 3.77. The van der Waals surface area contributed by atoms with Gasteiger partial charge < -0.3 is 10.2 Å². The van der Waals surface area contributed by atoms with Crippen LogP contribution in [0, 0.1) is 13.8 Å². The van der Waals surface area contributed by atoms with Crippen molar-refractivity contribution in [1.82, 2.24) is 14.5 Å². The maximum absolute atomic E-state index is 5.80. The molecule has 104 valence electrons. The minimum atomic E-state index is 0.501. The molecule has 0 radical (unpaired) electrons. The summed E-state index contributed by atoms with van der Waals surface area (Å²) in [7, 11) is 0. The molecule has 5 heteroatoms. The standard InChI is InChI=1S/C16H14N4O/c1-9-5-12-14(6-10(9)2)20(8-18-12)16-19-13-7-11(17)3-4-15(13)21-16/h3-8H,17H2,1-2H3. The summed E-state index contributed by atoms with van der Waals surface area (Å²) < 4.78 is 7.66. The topological polar surface area (TPSA) is 69.9 Å². The predicted octanol–water partition coefficient (Wildman–Crippen LogP) is 3.37. The number of oxazole rings is 1. The number of hydrogen-bond donors (Lipinski definition) is 1. The molecule has 0 atom stereocenters. The second-order valence-corrected chi connectivity index (χ2v) is 5.26. The van der Waals surface area contributed by atoms with Crippen molar-refractivity contribution in [2.45, 2.75) is 13.8 Å². The fourth-order valence-corrected chi connectivity index (χ4v) is 2.45. The van der Waals surface area contributed by atoms with Crippen LogP contribution in [-0.2, 0) is 0 Å². The van der Waals surface area contributed by atoms with Crippen molar-refractivity contribution < 1.29 is 4.42 Å². The molecule has 0 saturated heterocycles. The first-order chi connectivity index (χ1) is 10.1. The van der Waals surface area contributed by atoms with Gasteiger partial charge in [-0.3, -0.25) is 4.57 Å². The van der Waals surface area contributed by atoms with Gasteiger partial charge in [0.2, 0.25) is 0 Å². The van der Waals surface area contributed by atoms with Gasteiger partial charge in [0.25, 0.3) is 0 Å². The van der Waals surface area contributed by atoms with Crippen LogP contribution >= 0.6 is 0 Å². The predicted molar refractivity (Wildman–Crippen MR) is 82.5 cm³/mol. The summed E-state index contributed by atoms with van der Waals surface area (Å²) in [5, 5.41) is 0. The number of aryl methyl sites for hydroxylation is 2. The highest BCUT2D eigenvalue weighted by atomic mass is 16.4. The number of benzene rings is 2. The van der Waals surface area contributed by atoms with Gasteiger partial charge in [-0.25, -0.2) is 4.98 Å². The number of anilines is 1. The monoisotopic (exact) mass is 278 g/mol. The zero-order valence-corrected chi connectivity index (χ0v) is 11.8. The van der Waals surface area contributed by atoms with Crippen molar-refractivity contribution in [2.75, 3.05) is 5.73 Å². The van der Waals surface area contributed by atoms with Gasteiger partial charge in [0.05, 0.1) is 11.0 Å². The van der Waals surface area contributed by atoms with E-state index >= 15 is 0 Å². The third kappa shape index (κ3) is 1.78. The lowest BCUT2D eigenvalue weighted by atomic mass is 10.1. The van der Waals surface area contributed by atoms with Crippen molar-refractivity contribution in [3.05, 3.63) is 47.8 Å². The Labute approximate surface area is 121 Å². The smallest absolute Gasteiger partial charge is 0.308 e. The van der Waals surface area contributed by atoms with E-state index in [0.29, 0.717) is 17.3 Å². The molecule has 0 saturated carbocycles. The molecule has 4 rings (SSSR count). The van der Waals surface area contributed by atoms with Crippen molar-refractivity contribution in [3.8, 4) is 6.01 Å². The van der Waals surface area contributed by atoms with Gasteiger partial charge in [0.15, 0.2) is 5.58 Å². The van der Waals surface area contributed by atoms with E-state index in [9.17, 15) is 0 Å². The van der Waals surface area contributed by atoms with Gasteiger partial charge >= 0.3 is 6.01 Å². The van der Waals surface area contributed by atoms with Crippen LogP contribution in [-0.4, -0.2) is 14.5 Å². The van der Waals surface area contributed by atoms with Crippen molar-refractivity contribution in [3.63, 3.8) is 0 Å². The summed E-state index contributed by atoms with van der Waals surface area (Å²) in [5.74, 6) is 0. The van der Waals surface area contributed by atoms with Crippen LogP contribution < -0.4 is 5.73 Å². The number of rotatable bonds is 1. The Kier molecular flexibility index (Phi) is 2.33. The van der Waals surface area contributed by atoms with E-state index in [1.165, 1.54) is 11.1 Å². The molecular weight excluding hydrogens is 264 g/mol. The average molecular weight is 278 g/mol. The lowest BCUT2D eigenvalue weighted by Gasteiger charge is -2.01. The minimum absolute atomic E-state index is 0.501. The third-order valence-electron chi connectivity index (χ3n) is 3.77. The molecule has 5 nitrogen and oxygen atoms in total. The van der Waals surface area contributed by atoms with Gasteiger partial charge in [-0.1, -0.05) is 0 Å². The van der Waals surface area contributed by atoms with Crippen LogP contribution in [0.1, 0.15) is 11.1 Å². The summed E-state index contributed by atoms with van der Waals surface area (Å²) >= 11 is 0. The molecule has 21 heavy (non-hydrogen) atoms. The molecule has 0 aliphatic rings. The van der Waals surface area contributed by atoms with Gasteiger partial charge in [-0.15, -0.1) is 0 Å². The van der Waals surface area contributed by atoms with E-state index in [0.717, 1.165) is 16.6 Å². The van der Waals surface area contributed by atoms with Gasteiger partial charge in [-0.05, 0) is 55.3 Å². The summed E-state index contributed by atoms with van der Waals surface area (Å²) in [4.78, 5) is 8.92. The summed E-state index contributed by atoms with van der Waals surface area (Å²) in [6, 6.07) is 10.1. The molecule has 4 aromatic rings. The lowest BCUT2D eigenvalue weighted by Crippen LogP contribution is -1.92. The Morgan fingerprint density at radius 3 is 2.71 bits per heavy atom. The second-order valence-electron chi connectivity index (χ2n) is 5.26. The van der Waals surface area contributed by atoms with Crippen molar-refractivity contribution >= 4 is 27.8 Å². The number of imidazole rings is 1. The van der Waals surface area contributed by atoms with E-state index < -0.39 is 0 Å². The molecule has 0 aliphatic heterocycles. The highest BCUT2D eigenvalue weighted by molar-refractivity contribution is 5.81. The minimum Gasteiger partial charge on any atom is -0.423 e. The fraction of sp³-hybridized carbons (Fsp3) is 0.125. The van der Waals surface area contributed by atoms with Gasteiger partial charge in [-0.2, -0.15) is 4.98 Å². The second kappa shape index (κ2) is 4.09. The number of nitrogen functional groups attached to an aromatic ring is 1. The molecule has 0 aliphatic carbocycles. The molecule has 2 aromatic carbocycles. The maximum Gasteiger partial charge on any atom is 0.308 e. The number of hydrogen-bond acceptors (Lipinski definition) is 4. The zero-order chi connectivity index (χ0) is 14.6. The Morgan fingerprint density at radius 1 is 1.05 bits per heavy atom. The van der Waals surface area contributed by atoms with Gasteiger partial charge in [0.1, 0.15) is 11.8 Å². The van der Waals surface area contributed by atoms with Crippen LogP contribution in [0.4, 0.5) is 5.69 Å². The van der Waals surface area contributed by atoms with E-state index in [-0.39, 0.29) is 0 Å². The number of aromatic nitrogens is 3. The molecule has 0 amide bonds. The Morgan fingerprint density at radius 2 is 1.86 bits per heavy atom. The van der Waals surface area contributed by atoms with Crippen LogP contribution in [0.5, 0.6) is 0 Å². The molecule has 2 aromatic heterocycles.